The Labute approximate surface area is 172 Å². The van der Waals surface area contributed by atoms with Crippen molar-refractivity contribution in [2.45, 2.75) is 58.8 Å². The highest BCUT2D eigenvalue weighted by Crippen LogP contribution is 2.54. The van der Waals surface area contributed by atoms with E-state index in [0.717, 1.165) is 18.4 Å². The van der Waals surface area contributed by atoms with Crippen LogP contribution in [0.15, 0.2) is 48.5 Å². The summed E-state index contributed by atoms with van der Waals surface area (Å²) in [6, 6.07) is 17.6. The molecule has 2 aromatic rings. The van der Waals surface area contributed by atoms with Crippen molar-refractivity contribution in [3.63, 3.8) is 0 Å². The van der Waals surface area contributed by atoms with E-state index in [4.69, 9.17) is 0 Å². The predicted octanol–water partition coefficient (Wildman–Crippen LogP) is 6.51. The van der Waals surface area contributed by atoms with Gasteiger partial charge in [-0.2, -0.15) is 0 Å². The minimum absolute atomic E-state index is 0.902. The van der Waals surface area contributed by atoms with Crippen molar-refractivity contribution in [2.75, 3.05) is 36.5 Å². The maximum absolute atomic E-state index is 2.52. The van der Waals surface area contributed by atoms with E-state index in [-0.39, 0.29) is 0 Å². The first-order valence-corrected chi connectivity index (χ1v) is 11.3. The summed E-state index contributed by atoms with van der Waals surface area (Å²) in [6.45, 7) is 10.1. The molecule has 0 bridgehead atoms. The molecule has 2 nitrogen and oxygen atoms in total. The van der Waals surface area contributed by atoms with Crippen LogP contribution in [-0.4, -0.2) is 26.7 Å². The second kappa shape index (κ2) is 10.0. The van der Waals surface area contributed by atoms with Crippen LogP contribution in [0, 0.1) is 5.92 Å². The number of aryl methyl sites for hydroxylation is 1. The molecule has 152 valence electrons. The van der Waals surface area contributed by atoms with Crippen LogP contribution in [0.25, 0.3) is 0 Å². The predicted molar refractivity (Wildman–Crippen MR) is 124 cm³/mol. The van der Waals surface area contributed by atoms with Gasteiger partial charge in [-0.05, 0) is 67.7 Å². The molecule has 2 heterocycles. The molecule has 2 unspecified atom stereocenters. The lowest BCUT2D eigenvalue weighted by atomic mass is 10.0. The molecule has 1 fully saturated rings. The molecule has 3 aliphatic rings. The normalized spacial score (nSPS) is 21.6. The van der Waals surface area contributed by atoms with Crippen LogP contribution in [0.4, 0.5) is 11.4 Å². The maximum atomic E-state index is 2.52. The first-order valence-electron chi connectivity index (χ1n) is 11.3. The smallest absolute Gasteiger partial charge is 0.0401 e. The third kappa shape index (κ3) is 4.90. The highest BCUT2D eigenvalue weighted by molar-refractivity contribution is 5.59. The molecule has 0 amide bonds. The molecule has 0 spiro atoms. The first-order chi connectivity index (χ1) is 13.7. The van der Waals surface area contributed by atoms with E-state index in [1.165, 1.54) is 62.1 Å². The molecule has 1 aliphatic carbocycles. The van der Waals surface area contributed by atoms with Crippen molar-refractivity contribution in [2.24, 2.45) is 5.92 Å². The zero-order chi connectivity index (χ0) is 19.9. The highest BCUT2D eigenvalue weighted by Gasteiger charge is 2.44. The van der Waals surface area contributed by atoms with Crippen molar-refractivity contribution >= 4 is 11.4 Å². The van der Waals surface area contributed by atoms with Gasteiger partial charge in [-0.3, -0.25) is 0 Å². The van der Waals surface area contributed by atoms with Crippen LogP contribution in [0.1, 0.15) is 63.5 Å². The van der Waals surface area contributed by atoms with Crippen LogP contribution in [0.3, 0.4) is 0 Å². The lowest BCUT2D eigenvalue weighted by molar-refractivity contribution is 0.693. The molecular formula is C26H38N2. The minimum Gasteiger partial charge on any atom is -0.374 e. The topological polar surface area (TPSA) is 6.48 Å². The Morgan fingerprint density at radius 1 is 0.893 bits per heavy atom. The van der Waals surface area contributed by atoms with Crippen LogP contribution in [-0.2, 0) is 6.42 Å². The average molecular weight is 379 g/mol. The molecule has 2 atom stereocenters. The Morgan fingerprint density at radius 2 is 1.57 bits per heavy atom. The van der Waals surface area contributed by atoms with Gasteiger partial charge >= 0.3 is 0 Å². The van der Waals surface area contributed by atoms with Crippen molar-refractivity contribution in [3.8, 4) is 0 Å². The summed E-state index contributed by atoms with van der Waals surface area (Å²) in [5.41, 5.74) is 6.02. The second-order valence-corrected chi connectivity index (χ2v) is 8.41. The van der Waals surface area contributed by atoms with Gasteiger partial charge in [0.2, 0.25) is 0 Å². The fraction of sp³-hybridized carbons (Fsp3) is 0.538. The Hall–Kier alpha value is -1.96. The van der Waals surface area contributed by atoms with Gasteiger partial charge in [-0.25, -0.2) is 0 Å². The Kier molecular flexibility index (Phi) is 7.42. The lowest BCUT2D eigenvalue weighted by Gasteiger charge is -2.29. The Bertz CT molecular complexity index is 739. The van der Waals surface area contributed by atoms with Gasteiger partial charge in [0.05, 0.1) is 0 Å². The van der Waals surface area contributed by atoms with E-state index in [1.54, 1.807) is 5.56 Å². The Morgan fingerprint density at radius 3 is 2.32 bits per heavy atom. The number of nitrogens with zero attached hydrogens (tertiary/aromatic N) is 2. The molecule has 2 heteroatoms. The largest absolute Gasteiger partial charge is 0.374 e. The molecule has 1 saturated carbocycles. The maximum Gasteiger partial charge on any atom is 0.0401 e. The number of hydrogen-bond acceptors (Lipinski definition) is 2. The number of hydrogen-bond donors (Lipinski definition) is 0. The van der Waals surface area contributed by atoms with Gasteiger partial charge in [-0.1, -0.05) is 56.7 Å². The average Bonchev–Trinajstić information content (AvgIpc) is 3.53. The molecular weight excluding hydrogens is 340 g/mol. The number of para-hydroxylation sites is 2. The van der Waals surface area contributed by atoms with Crippen LogP contribution in [0.2, 0.25) is 0 Å². The van der Waals surface area contributed by atoms with Crippen molar-refractivity contribution in [1.29, 1.82) is 0 Å². The zero-order valence-electron chi connectivity index (χ0n) is 18.3. The minimum atomic E-state index is 0.902. The molecule has 0 N–H and O–H groups in total. The summed E-state index contributed by atoms with van der Waals surface area (Å²) in [4.78, 5) is 4.88. The fourth-order valence-electron chi connectivity index (χ4n) is 4.48. The van der Waals surface area contributed by atoms with Gasteiger partial charge in [-0.15, -0.1) is 0 Å². The third-order valence-corrected chi connectivity index (χ3v) is 6.03. The summed E-state index contributed by atoms with van der Waals surface area (Å²) < 4.78 is 0. The van der Waals surface area contributed by atoms with Crippen LogP contribution in [0.5, 0.6) is 0 Å². The van der Waals surface area contributed by atoms with E-state index in [9.17, 15) is 0 Å². The summed E-state index contributed by atoms with van der Waals surface area (Å²) in [5, 5.41) is 0. The summed E-state index contributed by atoms with van der Waals surface area (Å²) in [7, 11) is 2.18. The standard InChI is InChI=1S/C12H15N.C11H15N.C3H8/c1-2-13-8-9-7-11(9)10-5-3-4-6-12(10)13;1-12-9-5-4-7-10-6-2-3-8-11(10)12;1-3-2/h3-6,9,11H,2,7-8H2,1H3;2-3,6,8H,4-5,7,9H2,1H3;3H2,1-2H3. The number of anilines is 2. The number of rotatable bonds is 1. The molecule has 2 aromatic carbocycles. The lowest BCUT2D eigenvalue weighted by Crippen LogP contribution is -2.29. The van der Waals surface area contributed by atoms with Gasteiger partial charge in [0.15, 0.2) is 0 Å². The van der Waals surface area contributed by atoms with Gasteiger partial charge < -0.3 is 9.80 Å². The van der Waals surface area contributed by atoms with E-state index in [0.29, 0.717) is 0 Å². The monoisotopic (exact) mass is 378 g/mol. The third-order valence-electron chi connectivity index (χ3n) is 6.03. The van der Waals surface area contributed by atoms with Crippen molar-refractivity contribution < 1.29 is 0 Å². The van der Waals surface area contributed by atoms with Crippen LogP contribution < -0.4 is 9.80 Å². The van der Waals surface area contributed by atoms with Gasteiger partial charge in [0.25, 0.3) is 0 Å². The SMILES string of the molecule is CCC.CCN1CC2CC2c2ccccc21.CN1CCCCc2ccccc21. The van der Waals surface area contributed by atoms with Gasteiger partial charge in [0.1, 0.15) is 0 Å². The summed E-state index contributed by atoms with van der Waals surface area (Å²) in [6.07, 6.45) is 6.58. The Balaban J connectivity index is 0.000000142. The summed E-state index contributed by atoms with van der Waals surface area (Å²) >= 11 is 0. The van der Waals surface area contributed by atoms with E-state index in [2.05, 4.69) is 86.1 Å². The highest BCUT2D eigenvalue weighted by atomic mass is 15.1. The van der Waals surface area contributed by atoms with E-state index < -0.39 is 0 Å². The first kappa shape index (κ1) is 20.8. The molecule has 2 aliphatic heterocycles. The molecule has 0 aromatic heterocycles. The van der Waals surface area contributed by atoms with E-state index in [1.807, 2.05) is 0 Å². The number of benzene rings is 2. The fourth-order valence-corrected chi connectivity index (χ4v) is 4.48. The van der Waals surface area contributed by atoms with E-state index >= 15 is 0 Å². The second-order valence-electron chi connectivity index (χ2n) is 8.41. The zero-order valence-corrected chi connectivity index (χ0v) is 18.3. The molecule has 28 heavy (non-hydrogen) atoms. The quantitative estimate of drug-likeness (QED) is 0.558. The molecule has 5 rings (SSSR count). The summed E-state index contributed by atoms with van der Waals surface area (Å²) in [5.74, 6) is 1.87. The van der Waals surface area contributed by atoms with Crippen molar-refractivity contribution in [3.05, 3.63) is 59.7 Å². The van der Waals surface area contributed by atoms with Gasteiger partial charge in [0, 0.05) is 38.1 Å². The van der Waals surface area contributed by atoms with Crippen LogP contribution >= 0.6 is 0 Å². The number of fused-ring (bicyclic) bond motifs is 4. The molecule has 0 saturated heterocycles. The molecule has 0 radical (unpaired) electrons. The van der Waals surface area contributed by atoms with Crippen molar-refractivity contribution in [1.82, 2.24) is 0 Å².